The van der Waals surface area contributed by atoms with Gasteiger partial charge in [0.05, 0.1) is 40.3 Å². The first-order valence-electron chi connectivity index (χ1n) is 36.9. The summed E-state index contributed by atoms with van der Waals surface area (Å²) in [4.78, 5) is 37.5. The smallest absolute Gasteiger partial charge is 0.306 e. The van der Waals surface area contributed by atoms with E-state index in [0.29, 0.717) is 23.9 Å². The Balaban J connectivity index is 4.24. The Kier molecular flexibility index (Phi) is 68.5. The Labute approximate surface area is 581 Å². The van der Waals surface area contributed by atoms with Gasteiger partial charge < -0.3 is 33.3 Å². The zero-order valence-electron chi connectivity index (χ0n) is 60.4. The van der Waals surface area contributed by atoms with Crippen molar-refractivity contribution in [3.05, 3.63) is 219 Å². The Morgan fingerprint density at radius 3 is 0.853 bits per heavy atom. The van der Waals surface area contributed by atoms with E-state index in [2.05, 4.69) is 233 Å². The van der Waals surface area contributed by atoms with E-state index in [1.165, 1.54) is 44.9 Å². The minimum atomic E-state index is -1.65. The number of allylic oxidation sites excluding steroid dienone is 36. The van der Waals surface area contributed by atoms with Gasteiger partial charge in [-0.25, -0.2) is 0 Å². The number of aliphatic carboxylic acids is 1. The lowest BCUT2D eigenvalue weighted by Gasteiger charge is -2.26. The average Bonchev–Trinajstić information content (AvgIpc) is 2.92. The molecule has 0 amide bonds. The molecule has 0 aromatic rings. The van der Waals surface area contributed by atoms with Crippen LogP contribution in [0.3, 0.4) is 0 Å². The number of carboxylic acid groups (broad SMARTS) is 1. The summed E-state index contributed by atoms with van der Waals surface area (Å²) in [6.07, 6.45) is 113. The topological polar surface area (TPSA) is 111 Å². The van der Waals surface area contributed by atoms with Gasteiger partial charge in [-0.05, 0) is 154 Å². The second-order valence-electron chi connectivity index (χ2n) is 24.8. The highest BCUT2D eigenvalue weighted by Gasteiger charge is 2.22. The number of hydrogen-bond donors (Lipinski definition) is 0. The lowest BCUT2D eigenvalue weighted by Crippen LogP contribution is -2.44. The van der Waals surface area contributed by atoms with E-state index in [1.807, 2.05) is 21.1 Å². The van der Waals surface area contributed by atoms with Gasteiger partial charge in [-0.2, -0.15) is 0 Å². The van der Waals surface area contributed by atoms with Crippen LogP contribution in [0.2, 0.25) is 0 Å². The minimum Gasteiger partial charge on any atom is -0.545 e. The van der Waals surface area contributed by atoms with Crippen molar-refractivity contribution < 1.29 is 42.9 Å². The number of esters is 2. The van der Waals surface area contributed by atoms with Gasteiger partial charge in [-0.3, -0.25) is 9.59 Å². The highest BCUT2D eigenvalue weighted by atomic mass is 16.7. The Morgan fingerprint density at radius 1 is 0.316 bits per heavy atom. The van der Waals surface area contributed by atoms with Gasteiger partial charge in [-0.1, -0.05) is 297 Å². The van der Waals surface area contributed by atoms with E-state index in [9.17, 15) is 19.5 Å². The molecule has 9 nitrogen and oxygen atoms in total. The average molecular weight is 1310 g/mol. The molecule has 0 aliphatic heterocycles. The predicted octanol–water partition coefficient (Wildman–Crippen LogP) is 22.4. The number of rotatable bonds is 65. The lowest BCUT2D eigenvalue weighted by molar-refractivity contribution is -0.870. The molecule has 0 aromatic carbocycles. The fourth-order valence-corrected chi connectivity index (χ4v) is 9.17. The van der Waals surface area contributed by atoms with Gasteiger partial charge in [-0.15, -0.1) is 0 Å². The molecule has 9 heteroatoms. The molecule has 0 saturated carbocycles. The molecular formula is C86H133NO8. The van der Waals surface area contributed by atoms with Crippen molar-refractivity contribution in [3.63, 3.8) is 0 Å². The van der Waals surface area contributed by atoms with Crippen molar-refractivity contribution in [2.24, 2.45) is 0 Å². The van der Waals surface area contributed by atoms with E-state index in [1.54, 1.807) is 0 Å². The summed E-state index contributed by atoms with van der Waals surface area (Å²) in [6, 6.07) is 0. The number of carbonyl (C=O) groups excluding carboxylic acids is 3. The second kappa shape index (κ2) is 73.4. The number of nitrogens with zero attached hydrogens (tertiary/aromatic N) is 1. The van der Waals surface area contributed by atoms with E-state index in [4.69, 9.17) is 18.9 Å². The summed E-state index contributed by atoms with van der Waals surface area (Å²) in [5, 5.41) is 11.8. The number of hydrogen-bond acceptors (Lipinski definition) is 8. The standard InChI is InChI=1S/C86H133NO8/c1-6-8-10-12-14-16-18-20-22-24-26-28-30-32-34-36-38-39-40-41-42-43-44-45-47-49-51-53-55-57-59-61-63-65-67-69-71-73-75-77-84(89)95-82(81-94-86(85(90)91)92-79-78-87(3,4)5)80-93-83(88)76-74-72-70-68-66-64-62-60-58-56-54-52-50-48-46-37-35-33-31-29-27-25-23-21-19-17-15-13-11-9-7-2/h8-11,14-17,20-23,26-29,32-35,38-39,41-42,44-46,48-49,51-52,54,58,60,64,66,82,86H,6-7,12-13,18-19,24-25,30-31,36-37,40,43,47,50,53,55-57,59,61-63,65,67-81H2,1-5H3/b10-8-,11-9-,16-14-,17-15-,22-20-,23-21-,28-26-,29-27-,34-32-,35-33-,39-38-,42-41-,45-44-,48-46-,51-49-,54-52-,60-58-,66-64-. The third-order valence-corrected chi connectivity index (χ3v) is 14.7. The van der Waals surface area contributed by atoms with Crippen molar-refractivity contribution in [3.8, 4) is 0 Å². The Hall–Kier alpha value is -6.39. The SMILES string of the molecule is CC/C=C\C/C=C\C/C=C\C/C=C\C/C=C\C/C=C\C/C=C\C/C=C\C/C=C\CCCCCCCCCCCCCC(=O)OC(COC(=O)CCCCC/C=C\C/C=C\C/C=C\C/C=C\C/C=C\C/C=C\C/C=C\C/C=C\C/C=C\CC)COC(OCC[N+](C)(C)C)C(=O)[O-]. The van der Waals surface area contributed by atoms with Crippen molar-refractivity contribution >= 4 is 17.9 Å². The lowest BCUT2D eigenvalue weighted by atomic mass is 10.0. The molecule has 0 aliphatic rings. The van der Waals surface area contributed by atoms with Gasteiger partial charge >= 0.3 is 11.9 Å². The van der Waals surface area contributed by atoms with Crippen molar-refractivity contribution in [1.82, 2.24) is 0 Å². The molecule has 0 saturated heterocycles. The molecule has 0 fully saturated rings. The van der Waals surface area contributed by atoms with Gasteiger partial charge in [0.2, 0.25) is 0 Å². The summed E-state index contributed by atoms with van der Waals surface area (Å²) in [5.41, 5.74) is 0. The molecule has 2 unspecified atom stereocenters. The molecule has 95 heavy (non-hydrogen) atoms. The molecular weight excluding hydrogens is 1170 g/mol. The van der Waals surface area contributed by atoms with Crippen LogP contribution in [-0.4, -0.2) is 82.3 Å². The van der Waals surface area contributed by atoms with E-state index >= 15 is 0 Å². The van der Waals surface area contributed by atoms with Crippen LogP contribution in [0.25, 0.3) is 0 Å². The maximum atomic E-state index is 13.0. The van der Waals surface area contributed by atoms with Crippen LogP contribution >= 0.6 is 0 Å². The monoisotopic (exact) mass is 1310 g/mol. The van der Waals surface area contributed by atoms with Crippen molar-refractivity contribution in [2.75, 3.05) is 47.5 Å². The number of unbranched alkanes of at least 4 members (excludes halogenated alkanes) is 14. The van der Waals surface area contributed by atoms with Crippen LogP contribution in [0.4, 0.5) is 0 Å². The zero-order valence-corrected chi connectivity index (χ0v) is 60.4. The maximum Gasteiger partial charge on any atom is 0.306 e. The first-order chi connectivity index (χ1) is 46.6. The van der Waals surface area contributed by atoms with Crippen molar-refractivity contribution in [1.29, 1.82) is 0 Å². The first kappa shape index (κ1) is 88.6. The van der Waals surface area contributed by atoms with E-state index < -0.39 is 30.3 Å². The molecule has 530 valence electrons. The molecule has 2 atom stereocenters. The Morgan fingerprint density at radius 2 is 0.568 bits per heavy atom. The van der Waals surface area contributed by atoms with E-state index in [0.717, 1.165) is 161 Å². The quantitative estimate of drug-likeness (QED) is 0.0195. The van der Waals surface area contributed by atoms with Gasteiger partial charge in [0.25, 0.3) is 0 Å². The second-order valence-corrected chi connectivity index (χ2v) is 24.8. The van der Waals surface area contributed by atoms with E-state index in [-0.39, 0.29) is 32.7 Å². The molecule has 0 radical (unpaired) electrons. The summed E-state index contributed by atoms with van der Waals surface area (Å²) in [6.45, 7) is 4.45. The molecule has 0 rings (SSSR count). The predicted molar refractivity (Wildman–Crippen MR) is 407 cm³/mol. The van der Waals surface area contributed by atoms with Crippen LogP contribution in [0.5, 0.6) is 0 Å². The van der Waals surface area contributed by atoms with Crippen molar-refractivity contribution in [2.45, 2.75) is 257 Å². The zero-order chi connectivity index (χ0) is 69.0. The maximum absolute atomic E-state index is 13.0. The first-order valence-corrected chi connectivity index (χ1v) is 36.9. The van der Waals surface area contributed by atoms with Gasteiger partial charge in [0, 0.05) is 12.8 Å². The highest BCUT2D eigenvalue weighted by Crippen LogP contribution is 2.15. The number of ether oxygens (including phenoxy) is 4. The van der Waals surface area contributed by atoms with Crippen LogP contribution in [0.1, 0.15) is 245 Å². The molecule has 0 heterocycles. The molecule has 0 N–H and O–H groups in total. The Bertz CT molecular complexity index is 2370. The third-order valence-electron chi connectivity index (χ3n) is 14.7. The van der Waals surface area contributed by atoms with Gasteiger partial charge in [0.1, 0.15) is 13.2 Å². The summed E-state index contributed by atoms with van der Waals surface area (Å²) in [7, 11) is 5.90. The van der Waals surface area contributed by atoms with Crippen LogP contribution in [0.15, 0.2) is 219 Å². The summed E-state index contributed by atoms with van der Waals surface area (Å²) < 4.78 is 22.8. The highest BCUT2D eigenvalue weighted by molar-refractivity contribution is 5.70. The van der Waals surface area contributed by atoms with Crippen LogP contribution < -0.4 is 5.11 Å². The fourth-order valence-electron chi connectivity index (χ4n) is 9.17. The molecule has 0 aromatic heterocycles. The normalized spacial score (nSPS) is 14.0. The minimum absolute atomic E-state index is 0.129. The summed E-state index contributed by atoms with van der Waals surface area (Å²) >= 11 is 0. The number of likely N-dealkylation sites (N-methyl/N-ethyl adjacent to an activating group) is 1. The number of carbonyl (C=O) groups is 3. The summed E-state index contributed by atoms with van der Waals surface area (Å²) in [5.74, 6) is -2.36. The molecule has 0 aliphatic carbocycles. The number of quaternary nitrogens is 1. The van der Waals surface area contributed by atoms with Crippen LogP contribution in [0, 0.1) is 0 Å². The molecule has 0 spiro atoms. The van der Waals surface area contributed by atoms with Crippen LogP contribution in [-0.2, 0) is 33.3 Å². The molecule has 0 bridgehead atoms. The third kappa shape index (κ3) is 74.9. The fraction of sp³-hybridized carbons (Fsp3) is 0.547. The number of carboxylic acids is 1. The largest absolute Gasteiger partial charge is 0.545 e. The van der Waals surface area contributed by atoms with Gasteiger partial charge in [0.15, 0.2) is 12.4 Å².